The Morgan fingerprint density at radius 2 is 2.50 bits per heavy atom. The van der Waals surface area contributed by atoms with Crippen LogP contribution in [-0.4, -0.2) is 29.6 Å². The lowest BCUT2D eigenvalue weighted by Crippen LogP contribution is -2.37. The number of piperidine rings is 1. The Morgan fingerprint density at radius 3 is 3.00 bits per heavy atom. The Kier molecular flexibility index (Phi) is 3.66. The van der Waals surface area contributed by atoms with Crippen LogP contribution < -0.4 is 5.32 Å². The van der Waals surface area contributed by atoms with Crippen molar-refractivity contribution in [2.24, 2.45) is 5.92 Å². The monoisotopic (exact) mass is 207 g/mol. The molecule has 0 aromatic rings. The highest BCUT2D eigenvalue weighted by molar-refractivity contribution is 9.09. The Morgan fingerprint density at radius 1 is 1.70 bits per heavy atom. The van der Waals surface area contributed by atoms with Crippen LogP contribution in [0.1, 0.15) is 12.8 Å². The van der Waals surface area contributed by atoms with E-state index in [2.05, 4.69) is 21.2 Å². The summed E-state index contributed by atoms with van der Waals surface area (Å²) in [5, 5.41) is 13.4. The molecule has 2 nitrogen and oxygen atoms in total. The molecule has 1 saturated heterocycles. The summed E-state index contributed by atoms with van der Waals surface area (Å²) in [6.07, 6.45) is 2.21. The van der Waals surface area contributed by atoms with E-state index in [1.807, 2.05) is 0 Å². The zero-order valence-corrected chi connectivity index (χ0v) is 7.60. The van der Waals surface area contributed by atoms with Crippen LogP contribution in [0, 0.1) is 5.92 Å². The smallest absolute Gasteiger partial charge is 0.0677 e. The summed E-state index contributed by atoms with van der Waals surface area (Å²) in [5.74, 6) is 0.466. The first-order valence-corrected chi connectivity index (χ1v) is 4.91. The van der Waals surface area contributed by atoms with Crippen molar-refractivity contribution in [3.05, 3.63) is 0 Å². The maximum Gasteiger partial charge on any atom is 0.0677 e. The van der Waals surface area contributed by atoms with E-state index >= 15 is 0 Å². The number of hydrogen-bond acceptors (Lipinski definition) is 2. The van der Waals surface area contributed by atoms with E-state index in [1.165, 1.54) is 12.8 Å². The molecule has 2 atom stereocenters. The molecular formula is C7H14BrNO. The first kappa shape index (κ1) is 8.50. The minimum absolute atomic E-state index is 0.159. The summed E-state index contributed by atoms with van der Waals surface area (Å²) in [7, 11) is 0. The number of nitrogens with one attached hydrogen (secondary N) is 1. The lowest BCUT2D eigenvalue weighted by molar-refractivity contribution is 0.114. The molecule has 1 aliphatic rings. The van der Waals surface area contributed by atoms with Gasteiger partial charge in [-0.05, 0) is 25.3 Å². The molecule has 2 unspecified atom stereocenters. The largest absolute Gasteiger partial charge is 0.392 e. The highest BCUT2D eigenvalue weighted by atomic mass is 79.9. The van der Waals surface area contributed by atoms with Gasteiger partial charge in [0.05, 0.1) is 6.10 Å². The topological polar surface area (TPSA) is 32.3 Å². The molecule has 2 N–H and O–H groups in total. The van der Waals surface area contributed by atoms with Gasteiger partial charge in [0.25, 0.3) is 0 Å². The van der Waals surface area contributed by atoms with Crippen LogP contribution in [0.25, 0.3) is 0 Å². The summed E-state index contributed by atoms with van der Waals surface area (Å²) < 4.78 is 0. The first-order valence-electron chi connectivity index (χ1n) is 3.79. The average Bonchev–Trinajstić information content (AvgIpc) is 2.05. The Balaban J connectivity index is 2.24. The third-order valence-corrected chi connectivity index (χ3v) is 2.70. The number of rotatable bonds is 2. The van der Waals surface area contributed by atoms with Crippen LogP contribution in [-0.2, 0) is 0 Å². The van der Waals surface area contributed by atoms with Gasteiger partial charge in [0.15, 0.2) is 0 Å². The minimum atomic E-state index is -0.159. The van der Waals surface area contributed by atoms with Gasteiger partial charge in [0.1, 0.15) is 0 Å². The van der Waals surface area contributed by atoms with Crippen molar-refractivity contribution in [2.45, 2.75) is 18.9 Å². The lowest BCUT2D eigenvalue weighted by Gasteiger charge is -2.25. The van der Waals surface area contributed by atoms with Crippen molar-refractivity contribution < 1.29 is 5.11 Å². The van der Waals surface area contributed by atoms with Crippen LogP contribution in [0.3, 0.4) is 0 Å². The van der Waals surface area contributed by atoms with E-state index in [9.17, 15) is 5.11 Å². The molecule has 0 bridgehead atoms. The maximum atomic E-state index is 9.40. The molecule has 1 heterocycles. The Bertz CT molecular complexity index is 93.6. The summed E-state index contributed by atoms with van der Waals surface area (Å²) in [5.41, 5.74) is 0. The maximum absolute atomic E-state index is 9.40. The molecule has 0 spiro atoms. The van der Waals surface area contributed by atoms with E-state index < -0.39 is 0 Å². The van der Waals surface area contributed by atoms with Crippen LogP contribution >= 0.6 is 15.9 Å². The van der Waals surface area contributed by atoms with Gasteiger partial charge >= 0.3 is 0 Å². The van der Waals surface area contributed by atoms with Crippen molar-refractivity contribution in [3.63, 3.8) is 0 Å². The quantitative estimate of drug-likeness (QED) is 0.656. The zero-order chi connectivity index (χ0) is 7.40. The summed E-state index contributed by atoms with van der Waals surface area (Å²) in [6, 6.07) is 0. The van der Waals surface area contributed by atoms with Gasteiger partial charge < -0.3 is 10.4 Å². The molecule has 10 heavy (non-hydrogen) atoms. The summed E-state index contributed by atoms with van der Waals surface area (Å²) in [6.45, 7) is 2.10. The Labute approximate surface area is 70.1 Å². The van der Waals surface area contributed by atoms with Gasteiger partial charge in [0.2, 0.25) is 0 Å². The predicted molar refractivity (Wildman–Crippen MR) is 45.4 cm³/mol. The molecular weight excluding hydrogens is 194 g/mol. The normalized spacial score (nSPS) is 30.0. The van der Waals surface area contributed by atoms with Crippen molar-refractivity contribution in [1.82, 2.24) is 5.32 Å². The van der Waals surface area contributed by atoms with Gasteiger partial charge in [-0.3, -0.25) is 0 Å². The zero-order valence-electron chi connectivity index (χ0n) is 6.02. The third-order valence-electron chi connectivity index (χ3n) is 2.04. The van der Waals surface area contributed by atoms with E-state index in [0.29, 0.717) is 11.2 Å². The fourth-order valence-corrected chi connectivity index (χ4v) is 1.86. The lowest BCUT2D eigenvalue weighted by atomic mass is 9.95. The van der Waals surface area contributed by atoms with Crippen molar-refractivity contribution in [3.8, 4) is 0 Å². The van der Waals surface area contributed by atoms with Crippen molar-refractivity contribution >= 4 is 15.9 Å². The van der Waals surface area contributed by atoms with Gasteiger partial charge in [-0.25, -0.2) is 0 Å². The number of hydrogen-bond donors (Lipinski definition) is 2. The van der Waals surface area contributed by atoms with E-state index in [-0.39, 0.29) is 6.10 Å². The number of halogens is 1. The first-order chi connectivity index (χ1) is 4.84. The molecule has 0 amide bonds. The summed E-state index contributed by atoms with van der Waals surface area (Å²) in [4.78, 5) is 0. The molecule has 0 aromatic carbocycles. The predicted octanol–water partition coefficient (Wildman–Crippen LogP) is 0.742. The molecule has 60 valence electrons. The van der Waals surface area contributed by atoms with E-state index in [1.54, 1.807) is 0 Å². The van der Waals surface area contributed by atoms with Gasteiger partial charge in [-0.2, -0.15) is 0 Å². The highest BCUT2D eigenvalue weighted by Gasteiger charge is 2.19. The SMILES string of the molecule is OC(CBr)C1CCCNC1. The molecule has 0 aliphatic carbocycles. The van der Waals surface area contributed by atoms with Gasteiger partial charge in [0, 0.05) is 11.9 Å². The fraction of sp³-hybridized carbons (Fsp3) is 1.00. The standard InChI is InChI=1S/C7H14BrNO/c8-4-7(10)6-2-1-3-9-5-6/h6-7,9-10H,1-5H2. The molecule has 3 heteroatoms. The fourth-order valence-electron chi connectivity index (χ4n) is 1.33. The molecule has 1 fully saturated rings. The van der Waals surface area contributed by atoms with Crippen LogP contribution in [0.5, 0.6) is 0 Å². The van der Waals surface area contributed by atoms with Crippen molar-refractivity contribution in [2.75, 3.05) is 18.4 Å². The number of alkyl halides is 1. The second kappa shape index (κ2) is 4.31. The molecule has 1 aliphatic heterocycles. The number of aliphatic hydroxyl groups excluding tert-OH is 1. The van der Waals surface area contributed by atoms with E-state index in [0.717, 1.165) is 13.1 Å². The minimum Gasteiger partial charge on any atom is -0.392 e. The van der Waals surface area contributed by atoms with E-state index in [4.69, 9.17) is 0 Å². The second-order valence-corrected chi connectivity index (χ2v) is 3.48. The summed E-state index contributed by atoms with van der Waals surface area (Å²) >= 11 is 3.27. The molecule has 0 aromatic heterocycles. The molecule has 0 saturated carbocycles. The van der Waals surface area contributed by atoms with Crippen LogP contribution in [0.4, 0.5) is 0 Å². The Hall–Kier alpha value is 0.400. The highest BCUT2D eigenvalue weighted by Crippen LogP contribution is 2.15. The molecule has 1 rings (SSSR count). The third kappa shape index (κ3) is 2.22. The van der Waals surface area contributed by atoms with Gasteiger partial charge in [-0.15, -0.1) is 0 Å². The van der Waals surface area contributed by atoms with Gasteiger partial charge in [-0.1, -0.05) is 15.9 Å². The average molecular weight is 208 g/mol. The number of aliphatic hydroxyl groups is 1. The second-order valence-electron chi connectivity index (χ2n) is 2.83. The molecule has 0 radical (unpaired) electrons. The van der Waals surface area contributed by atoms with Crippen LogP contribution in [0.15, 0.2) is 0 Å². The van der Waals surface area contributed by atoms with Crippen LogP contribution in [0.2, 0.25) is 0 Å². The van der Waals surface area contributed by atoms with Crippen molar-refractivity contribution in [1.29, 1.82) is 0 Å².